The van der Waals surface area contributed by atoms with Crippen LogP contribution in [-0.4, -0.2) is 24.5 Å². The Bertz CT molecular complexity index is 142. The molecule has 1 heteroatoms. The van der Waals surface area contributed by atoms with Gasteiger partial charge < -0.3 is 4.90 Å². The second-order valence-electron chi connectivity index (χ2n) is 5.76. The highest BCUT2D eigenvalue weighted by molar-refractivity contribution is 4.57. The van der Waals surface area contributed by atoms with Gasteiger partial charge in [-0.15, -0.1) is 0 Å². The molecule has 0 aliphatic rings. The molecule has 0 aromatic carbocycles. The maximum atomic E-state index is 2.45. The molecule has 0 aliphatic heterocycles. The zero-order valence-electron chi connectivity index (χ0n) is 12.8. The number of hydrogen-bond donors (Lipinski definition) is 0. The maximum Gasteiger partial charge on any atom is 0.00355 e. The van der Waals surface area contributed by atoms with Gasteiger partial charge >= 0.3 is 0 Å². The second-order valence-corrected chi connectivity index (χ2v) is 5.76. The summed E-state index contributed by atoms with van der Waals surface area (Å²) in [4.78, 5) is 2.45. The van der Waals surface area contributed by atoms with Gasteiger partial charge in [0.05, 0.1) is 0 Å². The number of nitrogens with zero attached hydrogens (tertiary/aromatic N) is 1. The van der Waals surface area contributed by atoms with Crippen molar-refractivity contribution in [2.45, 2.75) is 91.0 Å². The van der Waals surface area contributed by atoms with Gasteiger partial charge in [0, 0.05) is 6.04 Å². The molecule has 0 atom stereocenters. The van der Waals surface area contributed by atoms with E-state index in [4.69, 9.17) is 0 Å². The van der Waals surface area contributed by atoms with Gasteiger partial charge in [-0.3, -0.25) is 0 Å². The summed E-state index contributed by atoms with van der Waals surface area (Å²) >= 11 is 0. The topological polar surface area (TPSA) is 3.24 Å². The largest absolute Gasteiger partial charge is 0.304 e. The van der Waals surface area contributed by atoms with E-state index in [0.717, 1.165) is 0 Å². The maximum absolute atomic E-state index is 2.45. The fraction of sp³-hybridized carbons (Fsp3) is 1.00. The predicted octanol–water partition coefficient (Wildman–Crippen LogP) is 5.25. The van der Waals surface area contributed by atoms with Crippen molar-refractivity contribution in [3.05, 3.63) is 0 Å². The van der Waals surface area contributed by atoms with Gasteiger partial charge in [0.2, 0.25) is 0 Å². The lowest BCUT2D eigenvalue weighted by atomic mass is 10.1. The molecule has 0 bridgehead atoms. The lowest BCUT2D eigenvalue weighted by molar-refractivity contribution is 0.267. The van der Waals surface area contributed by atoms with E-state index in [2.05, 4.69) is 32.7 Å². The Morgan fingerprint density at radius 1 is 0.706 bits per heavy atom. The lowest BCUT2D eigenvalue weighted by Crippen LogP contribution is -2.27. The van der Waals surface area contributed by atoms with E-state index < -0.39 is 0 Å². The smallest absolute Gasteiger partial charge is 0.00355 e. The molecule has 0 heterocycles. The van der Waals surface area contributed by atoms with Gasteiger partial charge in [0.15, 0.2) is 0 Å². The monoisotopic (exact) mass is 241 g/mol. The molecule has 0 fully saturated rings. The molecule has 0 radical (unpaired) electrons. The lowest BCUT2D eigenvalue weighted by Gasteiger charge is -2.20. The first kappa shape index (κ1) is 17.0. The Kier molecular flexibility index (Phi) is 12.4. The molecule has 0 aliphatic carbocycles. The fourth-order valence-electron chi connectivity index (χ4n) is 2.11. The van der Waals surface area contributed by atoms with Crippen LogP contribution in [0.2, 0.25) is 0 Å². The van der Waals surface area contributed by atoms with E-state index in [1.165, 1.54) is 70.8 Å². The average molecular weight is 241 g/mol. The van der Waals surface area contributed by atoms with Crippen LogP contribution in [0.25, 0.3) is 0 Å². The summed E-state index contributed by atoms with van der Waals surface area (Å²) in [6, 6.07) is 0.702. The second kappa shape index (κ2) is 12.4. The predicted molar refractivity (Wildman–Crippen MR) is 79.6 cm³/mol. The van der Waals surface area contributed by atoms with Gasteiger partial charge in [0.1, 0.15) is 0 Å². The van der Waals surface area contributed by atoms with Crippen molar-refractivity contribution < 1.29 is 0 Å². The molecule has 0 aromatic rings. The minimum Gasteiger partial charge on any atom is -0.304 e. The van der Waals surface area contributed by atoms with Crippen LogP contribution in [0, 0.1) is 0 Å². The van der Waals surface area contributed by atoms with Crippen molar-refractivity contribution in [2.75, 3.05) is 13.6 Å². The highest BCUT2D eigenvalue weighted by atomic mass is 15.1. The van der Waals surface area contributed by atoms with Gasteiger partial charge in [0.25, 0.3) is 0 Å². The molecule has 0 unspecified atom stereocenters. The summed E-state index contributed by atoms with van der Waals surface area (Å²) in [7, 11) is 2.23. The van der Waals surface area contributed by atoms with Crippen LogP contribution in [0.3, 0.4) is 0 Å². The van der Waals surface area contributed by atoms with Crippen LogP contribution in [0.5, 0.6) is 0 Å². The van der Waals surface area contributed by atoms with Gasteiger partial charge in [-0.25, -0.2) is 0 Å². The normalized spacial score (nSPS) is 11.6. The first-order valence-corrected chi connectivity index (χ1v) is 7.88. The molecular weight excluding hydrogens is 206 g/mol. The standard InChI is InChI=1S/C16H35N/c1-5-6-7-8-9-10-11-12-13-14-15-17(4)16(2)3/h16H,5-15H2,1-4H3. The Hall–Kier alpha value is -0.0400. The number of rotatable bonds is 12. The molecule has 0 aromatic heterocycles. The Balaban J connectivity index is 3.03. The Morgan fingerprint density at radius 3 is 1.53 bits per heavy atom. The third-order valence-corrected chi connectivity index (χ3v) is 3.75. The molecule has 0 amide bonds. The molecule has 0 saturated carbocycles. The minimum atomic E-state index is 0.702. The molecule has 0 spiro atoms. The Morgan fingerprint density at radius 2 is 1.12 bits per heavy atom. The molecular formula is C16H35N. The molecule has 0 N–H and O–H groups in total. The third-order valence-electron chi connectivity index (χ3n) is 3.75. The Labute approximate surface area is 110 Å². The van der Waals surface area contributed by atoms with Crippen LogP contribution in [0.4, 0.5) is 0 Å². The van der Waals surface area contributed by atoms with E-state index in [1.54, 1.807) is 0 Å². The van der Waals surface area contributed by atoms with Crippen LogP contribution < -0.4 is 0 Å². The average Bonchev–Trinajstić information content (AvgIpc) is 2.31. The van der Waals surface area contributed by atoms with Crippen LogP contribution in [-0.2, 0) is 0 Å². The van der Waals surface area contributed by atoms with Gasteiger partial charge in [-0.1, -0.05) is 64.7 Å². The van der Waals surface area contributed by atoms with E-state index in [1.807, 2.05) is 0 Å². The summed E-state index contributed by atoms with van der Waals surface area (Å²) in [5, 5.41) is 0. The van der Waals surface area contributed by atoms with Crippen LogP contribution in [0.1, 0.15) is 85.0 Å². The molecule has 1 nitrogen and oxygen atoms in total. The zero-order chi connectivity index (χ0) is 12.9. The molecule has 0 saturated heterocycles. The highest BCUT2D eigenvalue weighted by Crippen LogP contribution is 2.10. The van der Waals surface area contributed by atoms with Crippen molar-refractivity contribution in [1.82, 2.24) is 4.90 Å². The fourth-order valence-corrected chi connectivity index (χ4v) is 2.11. The quantitative estimate of drug-likeness (QED) is 0.422. The molecule has 17 heavy (non-hydrogen) atoms. The van der Waals surface area contributed by atoms with Gasteiger partial charge in [-0.05, 0) is 33.9 Å². The summed E-state index contributed by atoms with van der Waals surface area (Å²) in [5.41, 5.74) is 0. The van der Waals surface area contributed by atoms with Crippen molar-refractivity contribution in [2.24, 2.45) is 0 Å². The van der Waals surface area contributed by atoms with Crippen LogP contribution >= 0.6 is 0 Å². The summed E-state index contributed by atoms with van der Waals surface area (Å²) in [6.45, 7) is 8.11. The third kappa shape index (κ3) is 12.2. The van der Waals surface area contributed by atoms with E-state index >= 15 is 0 Å². The number of hydrogen-bond acceptors (Lipinski definition) is 1. The summed E-state index contributed by atoms with van der Waals surface area (Å²) in [6.07, 6.45) is 14.3. The molecule has 104 valence electrons. The molecule has 0 rings (SSSR count). The highest BCUT2D eigenvalue weighted by Gasteiger charge is 2.01. The van der Waals surface area contributed by atoms with E-state index in [-0.39, 0.29) is 0 Å². The summed E-state index contributed by atoms with van der Waals surface area (Å²) in [5.74, 6) is 0. The van der Waals surface area contributed by atoms with Crippen molar-refractivity contribution in [3.63, 3.8) is 0 Å². The SMILES string of the molecule is CCCCCCCCCCCCN(C)C(C)C. The minimum absolute atomic E-state index is 0.702. The summed E-state index contributed by atoms with van der Waals surface area (Å²) < 4.78 is 0. The first-order valence-electron chi connectivity index (χ1n) is 7.88. The van der Waals surface area contributed by atoms with Crippen molar-refractivity contribution in [1.29, 1.82) is 0 Å². The van der Waals surface area contributed by atoms with Crippen LogP contribution in [0.15, 0.2) is 0 Å². The van der Waals surface area contributed by atoms with E-state index in [9.17, 15) is 0 Å². The number of unbranched alkanes of at least 4 members (excludes halogenated alkanes) is 9. The van der Waals surface area contributed by atoms with Gasteiger partial charge in [-0.2, -0.15) is 0 Å². The van der Waals surface area contributed by atoms with Crippen molar-refractivity contribution >= 4 is 0 Å². The van der Waals surface area contributed by atoms with E-state index in [0.29, 0.717) is 6.04 Å². The zero-order valence-corrected chi connectivity index (χ0v) is 12.8. The van der Waals surface area contributed by atoms with Crippen molar-refractivity contribution in [3.8, 4) is 0 Å². The first-order chi connectivity index (χ1) is 8.18.